The standard InChI is InChI=1S/C19H19FN2O2S/c1-13-4-2-5-14(8-13)18(23)22-11-19(12-22)9-15(10-25-19)24-17-16(20)6-3-7-21-17/h2-8,15H,9-12H2,1H3. The second kappa shape index (κ2) is 6.33. The van der Waals surface area contributed by atoms with Crippen LogP contribution in [0.25, 0.3) is 0 Å². The van der Waals surface area contributed by atoms with Crippen molar-refractivity contribution in [1.29, 1.82) is 0 Å². The van der Waals surface area contributed by atoms with Crippen LogP contribution in [0.3, 0.4) is 0 Å². The normalized spacial score (nSPS) is 21.2. The number of rotatable bonds is 3. The number of halogens is 1. The average molecular weight is 358 g/mol. The molecule has 2 aliphatic heterocycles. The quantitative estimate of drug-likeness (QED) is 0.844. The van der Waals surface area contributed by atoms with Gasteiger partial charge in [0.15, 0.2) is 5.82 Å². The summed E-state index contributed by atoms with van der Waals surface area (Å²) in [5.41, 5.74) is 1.82. The van der Waals surface area contributed by atoms with Crippen molar-refractivity contribution in [1.82, 2.24) is 9.88 Å². The van der Waals surface area contributed by atoms with Crippen LogP contribution < -0.4 is 4.74 Å². The molecule has 2 aliphatic rings. The van der Waals surface area contributed by atoms with Crippen LogP contribution in [0.2, 0.25) is 0 Å². The number of likely N-dealkylation sites (tertiary alicyclic amines) is 1. The Hall–Kier alpha value is -2.08. The van der Waals surface area contributed by atoms with Gasteiger partial charge < -0.3 is 9.64 Å². The van der Waals surface area contributed by atoms with Gasteiger partial charge >= 0.3 is 0 Å². The molecule has 2 fully saturated rings. The molecule has 0 bridgehead atoms. The van der Waals surface area contributed by atoms with E-state index in [4.69, 9.17) is 4.74 Å². The third-order valence-corrected chi connectivity index (χ3v) is 6.26. The minimum Gasteiger partial charge on any atom is -0.471 e. The van der Waals surface area contributed by atoms with Crippen LogP contribution in [0.1, 0.15) is 22.3 Å². The molecule has 0 saturated carbocycles. The molecular formula is C19H19FN2O2S. The van der Waals surface area contributed by atoms with E-state index < -0.39 is 5.82 Å². The Balaban J connectivity index is 1.36. The molecule has 1 amide bonds. The summed E-state index contributed by atoms with van der Waals surface area (Å²) in [5.74, 6) is 0.508. The smallest absolute Gasteiger partial charge is 0.253 e. The molecule has 0 N–H and O–H groups in total. The highest BCUT2D eigenvalue weighted by atomic mass is 32.2. The highest BCUT2D eigenvalue weighted by molar-refractivity contribution is 8.01. The molecule has 130 valence electrons. The highest BCUT2D eigenvalue weighted by Gasteiger charge is 2.51. The lowest BCUT2D eigenvalue weighted by Gasteiger charge is -2.47. The van der Waals surface area contributed by atoms with E-state index in [0.29, 0.717) is 0 Å². The van der Waals surface area contributed by atoms with Crippen molar-refractivity contribution in [2.45, 2.75) is 24.2 Å². The minimum atomic E-state index is -0.432. The van der Waals surface area contributed by atoms with Gasteiger partial charge in [0.25, 0.3) is 11.8 Å². The maximum atomic E-state index is 13.7. The van der Waals surface area contributed by atoms with Gasteiger partial charge in [-0.05, 0) is 31.2 Å². The Morgan fingerprint density at radius 1 is 1.36 bits per heavy atom. The zero-order chi connectivity index (χ0) is 17.4. The molecule has 2 saturated heterocycles. The first-order chi connectivity index (χ1) is 12.0. The van der Waals surface area contributed by atoms with E-state index in [0.717, 1.165) is 36.4 Å². The Labute approximate surface area is 150 Å². The van der Waals surface area contributed by atoms with Crippen LogP contribution in [0.4, 0.5) is 4.39 Å². The van der Waals surface area contributed by atoms with E-state index in [-0.39, 0.29) is 22.6 Å². The number of hydrogen-bond donors (Lipinski definition) is 0. The molecule has 1 aromatic heterocycles. The molecule has 1 unspecified atom stereocenters. The van der Waals surface area contributed by atoms with Crippen molar-refractivity contribution >= 4 is 17.7 Å². The predicted octanol–water partition coefficient (Wildman–Crippen LogP) is 3.31. The Bertz CT molecular complexity index is 808. The number of aromatic nitrogens is 1. The third kappa shape index (κ3) is 3.23. The minimum absolute atomic E-state index is 0.0371. The second-order valence-electron chi connectivity index (χ2n) is 6.76. The number of nitrogens with zero attached hydrogens (tertiary/aromatic N) is 2. The summed E-state index contributed by atoms with van der Waals surface area (Å²) in [5, 5.41) is 0. The number of pyridine rings is 1. The summed E-state index contributed by atoms with van der Waals surface area (Å²) >= 11 is 1.82. The van der Waals surface area contributed by atoms with Crippen molar-refractivity contribution < 1.29 is 13.9 Å². The molecule has 4 nitrogen and oxygen atoms in total. The average Bonchev–Trinajstić information content (AvgIpc) is 2.99. The van der Waals surface area contributed by atoms with Crippen molar-refractivity contribution in [3.8, 4) is 5.88 Å². The monoisotopic (exact) mass is 358 g/mol. The molecule has 1 spiro atoms. The Morgan fingerprint density at radius 2 is 2.20 bits per heavy atom. The van der Waals surface area contributed by atoms with Gasteiger partial charge in [0.1, 0.15) is 6.10 Å². The van der Waals surface area contributed by atoms with E-state index in [2.05, 4.69) is 4.98 Å². The molecule has 6 heteroatoms. The predicted molar refractivity (Wildman–Crippen MR) is 95.5 cm³/mol. The van der Waals surface area contributed by atoms with E-state index in [1.165, 1.54) is 12.3 Å². The van der Waals surface area contributed by atoms with Crippen LogP contribution in [0.5, 0.6) is 5.88 Å². The number of carbonyl (C=O) groups is 1. The molecule has 4 rings (SSSR count). The SMILES string of the molecule is Cc1cccc(C(=O)N2CC3(CC(Oc4ncccc4F)CS3)C2)c1. The number of ether oxygens (including phenoxy) is 1. The summed E-state index contributed by atoms with van der Waals surface area (Å²) in [4.78, 5) is 18.4. The molecule has 0 radical (unpaired) electrons. The van der Waals surface area contributed by atoms with Gasteiger partial charge in [-0.1, -0.05) is 17.7 Å². The zero-order valence-corrected chi connectivity index (χ0v) is 14.8. The first kappa shape index (κ1) is 16.4. The van der Waals surface area contributed by atoms with Crippen LogP contribution in [-0.2, 0) is 0 Å². The summed E-state index contributed by atoms with van der Waals surface area (Å²) < 4.78 is 19.4. The highest BCUT2D eigenvalue weighted by Crippen LogP contribution is 2.46. The van der Waals surface area contributed by atoms with Crippen LogP contribution in [0.15, 0.2) is 42.6 Å². The lowest BCUT2D eigenvalue weighted by atomic mass is 9.92. The molecular weight excluding hydrogens is 339 g/mol. The maximum absolute atomic E-state index is 13.7. The molecule has 2 aromatic rings. The van der Waals surface area contributed by atoms with Crippen LogP contribution in [0, 0.1) is 12.7 Å². The van der Waals surface area contributed by atoms with Gasteiger partial charge in [-0.25, -0.2) is 9.37 Å². The van der Waals surface area contributed by atoms with Gasteiger partial charge in [-0.15, -0.1) is 11.8 Å². The number of hydrogen-bond acceptors (Lipinski definition) is 4. The van der Waals surface area contributed by atoms with E-state index >= 15 is 0 Å². The van der Waals surface area contributed by atoms with Gasteiger partial charge in [0, 0.05) is 37.0 Å². The number of carbonyl (C=O) groups excluding carboxylic acids is 1. The van der Waals surface area contributed by atoms with Gasteiger partial charge in [0.2, 0.25) is 0 Å². The fourth-order valence-corrected chi connectivity index (χ4v) is 4.99. The third-order valence-electron chi connectivity index (χ3n) is 4.69. The fraction of sp³-hybridized carbons (Fsp3) is 0.368. The topological polar surface area (TPSA) is 42.4 Å². The lowest BCUT2D eigenvalue weighted by molar-refractivity contribution is 0.0514. The summed E-state index contributed by atoms with van der Waals surface area (Å²) in [6.45, 7) is 3.42. The van der Waals surface area contributed by atoms with Crippen LogP contribution >= 0.6 is 11.8 Å². The fourth-order valence-electron chi connectivity index (χ4n) is 3.47. The molecule has 1 atom stereocenters. The first-order valence-corrected chi connectivity index (χ1v) is 9.30. The number of thioether (sulfide) groups is 1. The molecule has 25 heavy (non-hydrogen) atoms. The van der Waals surface area contributed by atoms with Crippen molar-refractivity contribution in [3.63, 3.8) is 0 Å². The number of amides is 1. The van der Waals surface area contributed by atoms with Crippen molar-refractivity contribution in [3.05, 3.63) is 59.5 Å². The van der Waals surface area contributed by atoms with Crippen LogP contribution in [-0.4, -0.2) is 45.5 Å². The molecule has 3 heterocycles. The van der Waals surface area contributed by atoms with Gasteiger partial charge in [-0.3, -0.25) is 4.79 Å². The van der Waals surface area contributed by atoms with E-state index in [1.54, 1.807) is 6.07 Å². The number of benzene rings is 1. The van der Waals surface area contributed by atoms with Gasteiger partial charge in [0.05, 0.1) is 4.75 Å². The van der Waals surface area contributed by atoms with Crippen molar-refractivity contribution in [2.75, 3.05) is 18.8 Å². The number of aryl methyl sites for hydroxylation is 1. The van der Waals surface area contributed by atoms with E-state index in [1.807, 2.05) is 47.9 Å². The Morgan fingerprint density at radius 3 is 2.96 bits per heavy atom. The van der Waals surface area contributed by atoms with Crippen molar-refractivity contribution in [2.24, 2.45) is 0 Å². The second-order valence-corrected chi connectivity index (χ2v) is 8.25. The maximum Gasteiger partial charge on any atom is 0.253 e. The Kier molecular flexibility index (Phi) is 4.15. The zero-order valence-electron chi connectivity index (χ0n) is 13.9. The van der Waals surface area contributed by atoms with E-state index in [9.17, 15) is 9.18 Å². The van der Waals surface area contributed by atoms with Gasteiger partial charge in [-0.2, -0.15) is 0 Å². The largest absolute Gasteiger partial charge is 0.471 e. The summed E-state index contributed by atoms with van der Waals surface area (Å²) in [6, 6.07) is 10.6. The molecule has 0 aliphatic carbocycles. The first-order valence-electron chi connectivity index (χ1n) is 8.32. The molecule has 1 aromatic carbocycles. The summed E-state index contributed by atoms with van der Waals surface area (Å²) in [7, 11) is 0. The summed E-state index contributed by atoms with van der Waals surface area (Å²) in [6.07, 6.45) is 2.28. The lowest BCUT2D eigenvalue weighted by Crippen LogP contribution is -2.60.